The molecule has 1 spiro atoms. The van der Waals surface area contributed by atoms with Crippen molar-refractivity contribution in [3.05, 3.63) is 42.0 Å². The molecule has 1 aromatic carbocycles. The number of anilines is 1. The number of hydrogen-bond acceptors (Lipinski definition) is 4. The Kier molecular flexibility index (Phi) is 4.35. The first-order valence-electron chi connectivity index (χ1n) is 9.54. The number of ether oxygens (including phenoxy) is 2. The van der Waals surface area contributed by atoms with Crippen molar-refractivity contribution in [1.82, 2.24) is 0 Å². The van der Waals surface area contributed by atoms with Crippen LogP contribution in [-0.2, 0) is 25.5 Å². The van der Waals surface area contributed by atoms with E-state index in [1.165, 1.54) is 5.56 Å². The molecule has 26 heavy (non-hydrogen) atoms. The molecule has 4 rings (SSSR count). The van der Waals surface area contributed by atoms with Gasteiger partial charge in [-0.05, 0) is 30.5 Å². The number of aryl methyl sites for hydroxylation is 1. The average molecular weight is 355 g/mol. The topological polar surface area (TPSA) is 55.8 Å². The van der Waals surface area contributed by atoms with Crippen LogP contribution in [0.1, 0.15) is 32.3 Å². The minimum Gasteiger partial charge on any atom is -0.465 e. The minimum absolute atomic E-state index is 0.0430. The van der Waals surface area contributed by atoms with Crippen molar-refractivity contribution in [3.8, 4) is 0 Å². The van der Waals surface area contributed by atoms with Crippen molar-refractivity contribution in [2.45, 2.75) is 44.8 Å². The highest BCUT2D eigenvalue weighted by Gasteiger charge is 2.67. The fraction of sp³-hybridized carbons (Fsp3) is 0.524. The molecule has 0 N–H and O–H groups in total. The normalized spacial score (nSPS) is 31.5. The molecule has 3 heterocycles. The van der Waals surface area contributed by atoms with E-state index in [2.05, 4.69) is 6.92 Å². The van der Waals surface area contributed by atoms with E-state index >= 15 is 0 Å². The van der Waals surface area contributed by atoms with Gasteiger partial charge in [0.25, 0.3) is 0 Å². The molecule has 2 bridgehead atoms. The molecule has 2 fully saturated rings. The first-order chi connectivity index (χ1) is 12.6. The zero-order chi connectivity index (χ0) is 18.3. The molecular formula is C21H25NO4. The lowest BCUT2D eigenvalue weighted by atomic mass is 9.77. The SMILES string of the molecule is CCCCOC(=O)[C@@H]1[C@@H]2C=C[C@]3(CN(c4ccc(CC)cc4)C(=O)[C@H]13)O2. The Morgan fingerprint density at radius 3 is 2.77 bits per heavy atom. The number of nitrogens with zero attached hydrogens (tertiary/aromatic N) is 1. The average Bonchev–Trinajstić information content (AvgIpc) is 3.30. The predicted octanol–water partition coefficient (Wildman–Crippen LogP) is 2.88. The number of esters is 1. The molecule has 2 saturated heterocycles. The molecule has 4 atom stereocenters. The van der Waals surface area contributed by atoms with Crippen LogP contribution >= 0.6 is 0 Å². The summed E-state index contributed by atoms with van der Waals surface area (Å²) in [6, 6.07) is 8.02. The van der Waals surface area contributed by atoms with Gasteiger partial charge >= 0.3 is 5.97 Å². The van der Waals surface area contributed by atoms with Crippen molar-refractivity contribution >= 4 is 17.6 Å². The summed E-state index contributed by atoms with van der Waals surface area (Å²) in [5.74, 6) is -1.38. The van der Waals surface area contributed by atoms with Crippen LogP contribution in [0.3, 0.4) is 0 Å². The smallest absolute Gasteiger partial charge is 0.312 e. The molecule has 0 radical (unpaired) electrons. The van der Waals surface area contributed by atoms with Gasteiger partial charge in [-0.3, -0.25) is 9.59 Å². The van der Waals surface area contributed by atoms with E-state index in [9.17, 15) is 9.59 Å². The number of amides is 1. The summed E-state index contributed by atoms with van der Waals surface area (Å²) in [5.41, 5.74) is 1.39. The Labute approximate surface area is 154 Å². The Bertz CT molecular complexity index is 741. The molecule has 3 aliphatic heterocycles. The van der Waals surface area contributed by atoms with Crippen LogP contribution in [0.4, 0.5) is 5.69 Å². The van der Waals surface area contributed by atoms with Crippen LogP contribution in [0.2, 0.25) is 0 Å². The van der Waals surface area contributed by atoms with Crippen LogP contribution in [0, 0.1) is 11.8 Å². The van der Waals surface area contributed by atoms with Crippen molar-refractivity contribution in [3.63, 3.8) is 0 Å². The van der Waals surface area contributed by atoms with Crippen molar-refractivity contribution in [2.24, 2.45) is 11.8 Å². The summed E-state index contributed by atoms with van der Waals surface area (Å²) < 4.78 is 11.5. The maximum Gasteiger partial charge on any atom is 0.312 e. The lowest BCUT2D eigenvalue weighted by Crippen LogP contribution is -2.40. The van der Waals surface area contributed by atoms with Crippen molar-refractivity contribution in [1.29, 1.82) is 0 Å². The summed E-state index contributed by atoms with van der Waals surface area (Å²) in [6.45, 7) is 5.01. The van der Waals surface area contributed by atoms with Gasteiger partial charge in [0.2, 0.25) is 5.91 Å². The summed E-state index contributed by atoms with van der Waals surface area (Å²) in [7, 11) is 0. The highest BCUT2D eigenvalue weighted by atomic mass is 16.6. The third kappa shape index (κ3) is 2.57. The lowest BCUT2D eigenvalue weighted by molar-refractivity contribution is -0.152. The van der Waals surface area contributed by atoms with Gasteiger partial charge in [0.05, 0.1) is 25.2 Å². The molecule has 0 saturated carbocycles. The number of rotatable bonds is 6. The number of hydrogen-bond donors (Lipinski definition) is 0. The molecular weight excluding hydrogens is 330 g/mol. The molecule has 1 amide bonds. The maximum atomic E-state index is 13.2. The minimum atomic E-state index is -0.695. The standard InChI is InChI=1S/C21H25NO4/c1-3-5-12-25-20(24)17-16-10-11-21(26-16)13-22(19(23)18(17)21)15-8-6-14(4-2)7-9-15/h6-11,16-18H,3-5,12-13H2,1-2H3/t16-,17+,18-,21+/m0/s1. The molecule has 1 aromatic rings. The highest BCUT2D eigenvalue weighted by Crippen LogP contribution is 2.52. The Hall–Kier alpha value is -2.14. The van der Waals surface area contributed by atoms with Crippen LogP contribution < -0.4 is 4.90 Å². The molecule has 0 unspecified atom stereocenters. The van der Waals surface area contributed by atoms with E-state index < -0.39 is 17.4 Å². The second-order valence-electron chi connectivity index (χ2n) is 7.37. The van der Waals surface area contributed by atoms with Crippen molar-refractivity contribution < 1.29 is 19.1 Å². The quantitative estimate of drug-likeness (QED) is 0.447. The fourth-order valence-corrected chi connectivity index (χ4v) is 4.31. The number of carbonyl (C=O) groups is 2. The molecule has 3 aliphatic rings. The van der Waals surface area contributed by atoms with Gasteiger partial charge in [0.1, 0.15) is 11.5 Å². The number of benzene rings is 1. The van der Waals surface area contributed by atoms with E-state index in [0.29, 0.717) is 13.2 Å². The fourth-order valence-electron chi connectivity index (χ4n) is 4.31. The Morgan fingerprint density at radius 2 is 2.08 bits per heavy atom. The largest absolute Gasteiger partial charge is 0.465 e. The predicted molar refractivity (Wildman–Crippen MR) is 97.8 cm³/mol. The maximum absolute atomic E-state index is 13.2. The summed E-state index contributed by atoms with van der Waals surface area (Å²) in [5, 5.41) is 0. The van der Waals surface area contributed by atoms with Gasteiger partial charge in [-0.15, -0.1) is 0 Å². The van der Waals surface area contributed by atoms with Gasteiger partial charge in [0, 0.05) is 5.69 Å². The number of carbonyl (C=O) groups excluding carboxylic acids is 2. The van der Waals surface area contributed by atoms with E-state index in [1.807, 2.05) is 43.3 Å². The van der Waals surface area contributed by atoms with Crippen molar-refractivity contribution in [2.75, 3.05) is 18.1 Å². The van der Waals surface area contributed by atoms with Gasteiger partial charge in [-0.25, -0.2) is 0 Å². The third-order valence-electron chi connectivity index (χ3n) is 5.77. The number of fused-ring (bicyclic) bond motifs is 1. The van der Waals surface area contributed by atoms with Crippen LogP contribution in [-0.4, -0.2) is 36.7 Å². The van der Waals surface area contributed by atoms with E-state index in [1.54, 1.807) is 4.90 Å². The van der Waals surface area contributed by atoms with E-state index in [0.717, 1.165) is 24.9 Å². The van der Waals surface area contributed by atoms with Gasteiger partial charge in [-0.1, -0.05) is 44.6 Å². The van der Waals surface area contributed by atoms with Crippen LogP contribution in [0.5, 0.6) is 0 Å². The first-order valence-corrected chi connectivity index (χ1v) is 9.54. The summed E-state index contributed by atoms with van der Waals surface area (Å²) in [4.78, 5) is 27.5. The summed E-state index contributed by atoms with van der Waals surface area (Å²) >= 11 is 0. The highest BCUT2D eigenvalue weighted by molar-refractivity contribution is 6.02. The molecule has 0 aliphatic carbocycles. The van der Waals surface area contributed by atoms with Crippen LogP contribution in [0.25, 0.3) is 0 Å². The lowest BCUT2D eigenvalue weighted by Gasteiger charge is -2.22. The molecule has 0 aromatic heterocycles. The number of unbranched alkanes of at least 4 members (excludes halogenated alkanes) is 1. The van der Waals surface area contributed by atoms with Gasteiger partial charge in [-0.2, -0.15) is 0 Å². The van der Waals surface area contributed by atoms with Gasteiger partial charge < -0.3 is 14.4 Å². The molecule has 5 heteroatoms. The monoisotopic (exact) mass is 355 g/mol. The molecule has 5 nitrogen and oxygen atoms in total. The Balaban J connectivity index is 1.57. The second-order valence-corrected chi connectivity index (χ2v) is 7.37. The Morgan fingerprint density at radius 1 is 1.31 bits per heavy atom. The van der Waals surface area contributed by atoms with Gasteiger partial charge in [0.15, 0.2) is 0 Å². The third-order valence-corrected chi connectivity index (χ3v) is 5.77. The zero-order valence-electron chi connectivity index (χ0n) is 15.3. The second kappa shape index (κ2) is 6.54. The zero-order valence-corrected chi connectivity index (χ0v) is 15.3. The van der Waals surface area contributed by atoms with Crippen LogP contribution in [0.15, 0.2) is 36.4 Å². The van der Waals surface area contributed by atoms with E-state index in [4.69, 9.17) is 9.47 Å². The van der Waals surface area contributed by atoms with E-state index in [-0.39, 0.29) is 18.0 Å². The first kappa shape index (κ1) is 17.3. The molecule has 138 valence electrons. The summed E-state index contributed by atoms with van der Waals surface area (Å²) in [6.07, 6.45) is 6.29.